The first-order chi connectivity index (χ1) is 13.3. The molecule has 1 saturated heterocycles. The van der Waals surface area contributed by atoms with Crippen molar-refractivity contribution in [1.29, 1.82) is 0 Å². The predicted molar refractivity (Wildman–Crippen MR) is 107 cm³/mol. The minimum absolute atomic E-state index is 0.0570. The molecule has 0 unspecified atom stereocenters. The van der Waals surface area contributed by atoms with Gasteiger partial charge in [-0.2, -0.15) is 0 Å². The maximum atomic E-state index is 12.8. The maximum absolute atomic E-state index is 12.8. The number of carbonyl (C=O) groups is 2. The zero-order chi connectivity index (χ0) is 20.1. The number of rotatable bonds is 6. The van der Waals surface area contributed by atoms with Crippen molar-refractivity contribution in [3.05, 3.63) is 65.7 Å². The zero-order valence-electron chi connectivity index (χ0n) is 15.7. The summed E-state index contributed by atoms with van der Waals surface area (Å²) in [6.07, 6.45) is 0.455. The summed E-state index contributed by atoms with van der Waals surface area (Å²) in [6, 6.07) is 15.9. The van der Waals surface area contributed by atoms with Crippen molar-refractivity contribution in [2.75, 3.05) is 23.0 Å². The van der Waals surface area contributed by atoms with Crippen LogP contribution in [0.15, 0.2) is 54.6 Å². The average Bonchev–Trinajstić information content (AvgIpc) is 3.02. The fourth-order valence-corrected chi connectivity index (χ4v) is 4.96. The number of carbonyl (C=O) groups excluding carboxylic acids is 2. The highest BCUT2D eigenvalue weighted by molar-refractivity contribution is 7.91. The minimum Gasteiger partial charge on any atom is -0.455 e. The van der Waals surface area contributed by atoms with Crippen LogP contribution in [0.3, 0.4) is 0 Å². The number of ether oxygens (including phenoxy) is 1. The number of esters is 1. The molecule has 2 aromatic carbocycles. The number of aryl methyl sites for hydroxylation is 1. The molecule has 6 nitrogen and oxygen atoms in total. The van der Waals surface area contributed by atoms with E-state index in [2.05, 4.69) is 0 Å². The van der Waals surface area contributed by atoms with E-state index in [1.54, 1.807) is 24.3 Å². The van der Waals surface area contributed by atoms with Crippen molar-refractivity contribution >= 4 is 27.4 Å². The maximum Gasteiger partial charge on any atom is 0.310 e. The Kier molecular flexibility index (Phi) is 6.14. The average molecular weight is 401 g/mol. The summed E-state index contributed by atoms with van der Waals surface area (Å²) in [6.45, 7) is 1.54. The standard InChI is InChI=1S/C21H23NO5S/c1-16-7-9-17(10-8-16)13-21(24)27-14-20(23)22(18-5-3-2-4-6-18)19-11-12-28(25,26)15-19/h2-10,19H,11-15H2,1H3/t19-/m0/s1. The number of nitrogens with zero attached hydrogens (tertiary/aromatic N) is 1. The number of amides is 1. The van der Waals surface area contributed by atoms with Crippen molar-refractivity contribution in [3.8, 4) is 0 Å². The third-order valence-corrected chi connectivity index (χ3v) is 6.45. The second-order valence-electron chi connectivity index (χ2n) is 6.98. The second-order valence-corrected chi connectivity index (χ2v) is 9.21. The first kappa shape index (κ1) is 20.1. The van der Waals surface area contributed by atoms with Crippen molar-refractivity contribution in [1.82, 2.24) is 0 Å². The lowest BCUT2D eigenvalue weighted by Gasteiger charge is -2.28. The van der Waals surface area contributed by atoms with Crippen LogP contribution in [0.25, 0.3) is 0 Å². The molecule has 28 heavy (non-hydrogen) atoms. The Labute approximate surface area is 165 Å². The van der Waals surface area contributed by atoms with Gasteiger partial charge in [0.2, 0.25) is 0 Å². The molecule has 148 valence electrons. The third kappa shape index (κ3) is 5.19. The third-order valence-electron chi connectivity index (χ3n) is 4.70. The molecule has 0 aromatic heterocycles. The molecule has 1 aliphatic rings. The SMILES string of the molecule is Cc1ccc(CC(=O)OCC(=O)N(c2ccccc2)[C@H]2CCS(=O)(=O)C2)cc1. The van der Waals surface area contributed by atoms with E-state index in [9.17, 15) is 18.0 Å². The van der Waals surface area contributed by atoms with E-state index >= 15 is 0 Å². The molecule has 1 fully saturated rings. The first-order valence-corrected chi connectivity index (χ1v) is 10.9. The van der Waals surface area contributed by atoms with Gasteiger partial charge in [0.1, 0.15) is 0 Å². The van der Waals surface area contributed by atoms with Crippen LogP contribution in [0.2, 0.25) is 0 Å². The fourth-order valence-electron chi connectivity index (χ4n) is 3.26. The molecule has 0 spiro atoms. The first-order valence-electron chi connectivity index (χ1n) is 9.13. The summed E-state index contributed by atoms with van der Waals surface area (Å²) in [4.78, 5) is 26.3. The molecule has 0 bridgehead atoms. The highest BCUT2D eigenvalue weighted by Crippen LogP contribution is 2.24. The van der Waals surface area contributed by atoms with Gasteiger partial charge in [0.25, 0.3) is 5.91 Å². The minimum atomic E-state index is -3.16. The lowest BCUT2D eigenvalue weighted by atomic mass is 10.1. The van der Waals surface area contributed by atoms with E-state index in [4.69, 9.17) is 4.74 Å². The summed E-state index contributed by atoms with van der Waals surface area (Å²) in [5.41, 5.74) is 2.51. The van der Waals surface area contributed by atoms with Gasteiger partial charge in [-0.1, -0.05) is 48.0 Å². The monoisotopic (exact) mass is 401 g/mol. The fraction of sp³-hybridized carbons (Fsp3) is 0.333. The Hall–Kier alpha value is -2.67. The number of hydrogen-bond acceptors (Lipinski definition) is 5. The van der Waals surface area contributed by atoms with Crippen molar-refractivity contribution in [2.45, 2.75) is 25.8 Å². The molecule has 7 heteroatoms. The van der Waals surface area contributed by atoms with Gasteiger partial charge >= 0.3 is 5.97 Å². The number of benzene rings is 2. The van der Waals surface area contributed by atoms with Gasteiger partial charge in [-0.25, -0.2) is 8.42 Å². The van der Waals surface area contributed by atoms with Gasteiger partial charge in [0.05, 0.1) is 24.0 Å². The Balaban J connectivity index is 1.66. The van der Waals surface area contributed by atoms with Crippen LogP contribution in [0, 0.1) is 6.92 Å². The largest absolute Gasteiger partial charge is 0.455 e. The van der Waals surface area contributed by atoms with E-state index in [0.29, 0.717) is 12.1 Å². The lowest BCUT2D eigenvalue weighted by Crippen LogP contribution is -2.43. The second kappa shape index (κ2) is 8.56. The normalized spacial score (nSPS) is 17.8. The van der Waals surface area contributed by atoms with Gasteiger partial charge in [-0.3, -0.25) is 9.59 Å². The van der Waals surface area contributed by atoms with Crippen molar-refractivity contribution in [2.24, 2.45) is 0 Å². The molecule has 1 aliphatic heterocycles. The molecule has 0 saturated carbocycles. The molecule has 2 aromatic rings. The molecule has 1 amide bonds. The topological polar surface area (TPSA) is 80.8 Å². The summed E-state index contributed by atoms with van der Waals surface area (Å²) < 4.78 is 28.9. The highest BCUT2D eigenvalue weighted by atomic mass is 32.2. The number of sulfone groups is 1. The molecule has 3 rings (SSSR count). The van der Waals surface area contributed by atoms with Gasteiger partial charge < -0.3 is 9.64 Å². The highest BCUT2D eigenvalue weighted by Gasteiger charge is 2.35. The van der Waals surface area contributed by atoms with Crippen LogP contribution >= 0.6 is 0 Å². The Bertz CT molecular complexity index is 939. The summed E-state index contributed by atoms with van der Waals surface area (Å²) in [7, 11) is -3.16. The van der Waals surface area contributed by atoms with E-state index in [1.165, 1.54) is 4.90 Å². The molecular formula is C21H23NO5S. The quantitative estimate of drug-likeness (QED) is 0.694. The van der Waals surface area contributed by atoms with Crippen molar-refractivity contribution < 1.29 is 22.7 Å². The number of anilines is 1. The molecular weight excluding hydrogens is 378 g/mol. The van der Waals surface area contributed by atoms with Crippen molar-refractivity contribution in [3.63, 3.8) is 0 Å². The number of hydrogen-bond donors (Lipinski definition) is 0. The van der Waals surface area contributed by atoms with Crippen LogP contribution in [0.5, 0.6) is 0 Å². The summed E-state index contributed by atoms with van der Waals surface area (Å²) >= 11 is 0. The van der Waals surface area contributed by atoms with Gasteiger partial charge in [-0.15, -0.1) is 0 Å². The van der Waals surface area contributed by atoms with Gasteiger partial charge in [0, 0.05) is 5.69 Å². The van der Waals surface area contributed by atoms with E-state index in [-0.39, 0.29) is 17.9 Å². The molecule has 0 radical (unpaired) electrons. The van der Waals surface area contributed by atoms with Gasteiger partial charge in [-0.05, 0) is 31.0 Å². The molecule has 1 heterocycles. The van der Waals surface area contributed by atoms with E-state index in [1.807, 2.05) is 37.3 Å². The van der Waals surface area contributed by atoms with Crippen LogP contribution < -0.4 is 4.90 Å². The lowest BCUT2D eigenvalue weighted by molar-refractivity contribution is -0.147. The number of para-hydroxylation sites is 1. The van der Waals surface area contributed by atoms with E-state index < -0.39 is 34.4 Å². The van der Waals surface area contributed by atoms with E-state index in [0.717, 1.165) is 11.1 Å². The molecule has 1 atom stereocenters. The van der Waals surface area contributed by atoms with Crippen LogP contribution in [0.4, 0.5) is 5.69 Å². The smallest absolute Gasteiger partial charge is 0.310 e. The van der Waals surface area contributed by atoms with Crippen LogP contribution in [-0.2, 0) is 30.6 Å². The zero-order valence-corrected chi connectivity index (χ0v) is 16.5. The Morgan fingerprint density at radius 3 is 2.36 bits per heavy atom. The Morgan fingerprint density at radius 1 is 1.07 bits per heavy atom. The van der Waals surface area contributed by atoms with Gasteiger partial charge in [0.15, 0.2) is 16.4 Å². The van der Waals surface area contributed by atoms with Crippen LogP contribution in [-0.4, -0.2) is 44.4 Å². The summed E-state index contributed by atoms with van der Waals surface area (Å²) in [5, 5.41) is 0. The molecule has 0 aliphatic carbocycles. The predicted octanol–water partition coefficient (Wildman–Crippen LogP) is 2.30. The Morgan fingerprint density at radius 2 is 1.75 bits per heavy atom. The molecule has 0 N–H and O–H groups in total. The summed E-state index contributed by atoms with van der Waals surface area (Å²) in [5.74, 6) is -0.943. The van der Waals surface area contributed by atoms with Crippen LogP contribution in [0.1, 0.15) is 17.5 Å².